The Hall–Kier alpha value is -1.47. The summed E-state index contributed by atoms with van der Waals surface area (Å²) in [7, 11) is 0. The molecule has 1 aromatic heterocycles. The van der Waals surface area contributed by atoms with Crippen molar-refractivity contribution in [1.29, 1.82) is 5.26 Å². The number of aromatic nitrogens is 2. The smallest absolute Gasteiger partial charge is 0.125 e. The van der Waals surface area contributed by atoms with E-state index in [4.69, 9.17) is 4.74 Å². The third-order valence-electron chi connectivity index (χ3n) is 2.89. The van der Waals surface area contributed by atoms with Crippen LogP contribution in [-0.2, 0) is 10.2 Å². The fourth-order valence-corrected chi connectivity index (χ4v) is 1.82. The standard InChI is InChI=1S/C11H13N3O/c1-9-13-6-10(7-14-9)11(8-12)2-4-15-5-3-11/h6-7H,2-5H2,1H3. The third-order valence-corrected chi connectivity index (χ3v) is 2.89. The van der Waals surface area contributed by atoms with E-state index in [-0.39, 0.29) is 0 Å². The van der Waals surface area contributed by atoms with Gasteiger partial charge in [-0.15, -0.1) is 0 Å². The van der Waals surface area contributed by atoms with E-state index in [1.807, 2.05) is 6.92 Å². The van der Waals surface area contributed by atoms with E-state index in [0.29, 0.717) is 13.2 Å². The first-order valence-electron chi connectivity index (χ1n) is 5.05. The molecule has 0 saturated carbocycles. The second-order valence-electron chi connectivity index (χ2n) is 3.83. The molecule has 0 atom stereocenters. The molecule has 0 amide bonds. The van der Waals surface area contributed by atoms with Crippen molar-refractivity contribution in [2.75, 3.05) is 13.2 Å². The highest BCUT2D eigenvalue weighted by Crippen LogP contribution is 2.33. The topological polar surface area (TPSA) is 58.8 Å². The fraction of sp³-hybridized carbons (Fsp3) is 0.545. The second-order valence-corrected chi connectivity index (χ2v) is 3.83. The fourth-order valence-electron chi connectivity index (χ4n) is 1.82. The molecule has 2 heterocycles. The minimum absolute atomic E-state index is 0.439. The third kappa shape index (κ3) is 1.83. The van der Waals surface area contributed by atoms with Crippen LogP contribution in [0.5, 0.6) is 0 Å². The summed E-state index contributed by atoms with van der Waals surface area (Å²) in [5, 5.41) is 9.30. The minimum Gasteiger partial charge on any atom is -0.381 e. The van der Waals surface area contributed by atoms with E-state index >= 15 is 0 Å². The Kier molecular flexibility index (Phi) is 2.65. The minimum atomic E-state index is -0.439. The van der Waals surface area contributed by atoms with E-state index in [0.717, 1.165) is 24.2 Å². The van der Waals surface area contributed by atoms with Gasteiger partial charge >= 0.3 is 0 Å². The van der Waals surface area contributed by atoms with Crippen LogP contribution >= 0.6 is 0 Å². The summed E-state index contributed by atoms with van der Waals surface area (Å²) in [5.74, 6) is 0.735. The molecule has 0 N–H and O–H groups in total. The first-order valence-corrected chi connectivity index (χ1v) is 5.05. The molecule has 0 aromatic carbocycles. The Balaban J connectivity index is 2.33. The average molecular weight is 203 g/mol. The molecule has 1 aliphatic rings. The number of hydrogen-bond donors (Lipinski definition) is 0. The molecule has 2 rings (SSSR count). The van der Waals surface area contributed by atoms with Gasteiger partial charge in [-0.05, 0) is 19.8 Å². The zero-order valence-electron chi connectivity index (χ0n) is 8.73. The largest absolute Gasteiger partial charge is 0.381 e. The molecule has 1 aromatic rings. The molecule has 4 nitrogen and oxygen atoms in total. The first kappa shape index (κ1) is 10.1. The van der Waals surface area contributed by atoms with Crippen molar-refractivity contribution in [2.24, 2.45) is 0 Å². The van der Waals surface area contributed by atoms with Gasteiger partial charge in [0.05, 0.1) is 11.5 Å². The van der Waals surface area contributed by atoms with E-state index in [9.17, 15) is 5.26 Å². The summed E-state index contributed by atoms with van der Waals surface area (Å²) >= 11 is 0. The molecule has 0 bridgehead atoms. The molecule has 0 aliphatic carbocycles. The predicted octanol–water partition coefficient (Wildman–Crippen LogP) is 1.36. The van der Waals surface area contributed by atoms with Gasteiger partial charge in [-0.3, -0.25) is 0 Å². The molecule has 1 saturated heterocycles. The molecule has 0 spiro atoms. The van der Waals surface area contributed by atoms with Crippen molar-refractivity contribution >= 4 is 0 Å². The lowest BCUT2D eigenvalue weighted by Crippen LogP contribution is -2.32. The van der Waals surface area contributed by atoms with Crippen LogP contribution in [0.4, 0.5) is 0 Å². The van der Waals surface area contributed by atoms with Gasteiger partial charge < -0.3 is 4.74 Å². The van der Waals surface area contributed by atoms with Crippen LogP contribution in [0.15, 0.2) is 12.4 Å². The van der Waals surface area contributed by atoms with Gasteiger partial charge in [-0.1, -0.05) is 0 Å². The number of aryl methyl sites for hydroxylation is 1. The van der Waals surface area contributed by atoms with Crippen LogP contribution in [0.2, 0.25) is 0 Å². The summed E-state index contributed by atoms with van der Waals surface area (Å²) < 4.78 is 5.28. The number of nitriles is 1. The Morgan fingerprint density at radius 1 is 1.33 bits per heavy atom. The van der Waals surface area contributed by atoms with Gasteiger partial charge in [-0.2, -0.15) is 5.26 Å². The van der Waals surface area contributed by atoms with Crippen molar-refractivity contribution in [3.05, 3.63) is 23.8 Å². The highest BCUT2D eigenvalue weighted by molar-refractivity contribution is 5.29. The number of hydrogen-bond acceptors (Lipinski definition) is 4. The van der Waals surface area contributed by atoms with E-state index in [2.05, 4.69) is 16.0 Å². The lowest BCUT2D eigenvalue weighted by atomic mass is 9.77. The Bertz CT molecular complexity index is 374. The van der Waals surface area contributed by atoms with Crippen molar-refractivity contribution in [3.8, 4) is 6.07 Å². The Morgan fingerprint density at radius 3 is 2.47 bits per heavy atom. The van der Waals surface area contributed by atoms with Gasteiger partial charge in [-0.25, -0.2) is 9.97 Å². The maximum atomic E-state index is 9.30. The summed E-state index contributed by atoms with van der Waals surface area (Å²) in [6.07, 6.45) is 4.99. The molecule has 1 fully saturated rings. The zero-order chi connectivity index (χ0) is 10.7. The molecule has 1 aliphatic heterocycles. The van der Waals surface area contributed by atoms with Gasteiger partial charge in [0.15, 0.2) is 0 Å². The zero-order valence-corrected chi connectivity index (χ0v) is 8.73. The van der Waals surface area contributed by atoms with Gasteiger partial charge in [0, 0.05) is 31.2 Å². The molecule has 4 heteroatoms. The Morgan fingerprint density at radius 2 is 1.93 bits per heavy atom. The van der Waals surface area contributed by atoms with E-state index in [1.54, 1.807) is 12.4 Å². The SMILES string of the molecule is Cc1ncc(C2(C#N)CCOCC2)cn1. The maximum absolute atomic E-state index is 9.30. The molecule has 0 radical (unpaired) electrons. The summed E-state index contributed by atoms with van der Waals surface area (Å²) in [4.78, 5) is 8.29. The van der Waals surface area contributed by atoms with Gasteiger partial charge in [0.1, 0.15) is 5.82 Å². The van der Waals surface area contributed by atoms with Crippen LogP contribution in [0.3, 0.4) is 0 Å². The quantitative estimate of drug-likeness (QED) is 0.691. The van der Waals surface area contributed by atoms with Gasteiger partial charge in [0.2, 0.25) is 0 Å². The molecular weight excluding hydrogens is 190 g/mol. The number of nitrogens with zero attached hydrogens (tertiary/aromatic N) is 3. The summed E-state index contributed by atoms with van der Waals surface area (Å²) in [6.45, 7) is 3.12. The summed E-state index contributed by atoms with van der Waals surface area (Å²) in [6, 6.07) is 2.39. The second kappa shape index (κ2) is 3.95. The lowest BCUT2D eigenvalue weighted by Gasteiger charge is -2.30. The Labute approximate surface area is 88.9 Å². The average Bonchev–Trinajstić information content (AvgIpc) is 2.31. The molecular formula is C11H13N3O. The lowest BCUT2D eigenvalue weighted by molar-refractivity contribution is 0.0673. The van der Waals surface area contributed by atoms with Crippen molar-refractivity contribution < 1.29 is 4.74 Å². The van der Waals surface area contributed by atoms with E-state index in [1.165, 1.54) is 0 Å². The normalized spacial score (nSPS) is 19.5. The van der Waals surface area contributed by atoms with Crippen molar-refractivity contribution in [3.63, 3.8) is 0 Å². The molecule has 0 unspecified atom stereocenters. The molecule has 78 valence electrons. The summed E-state index contributed by atoms with van der Waals surface area (Å²) in [5.41, 5.74) is 0.477. The monoisotopic (exact) mass is 203 g/mol. The highest BCUT2D eigenvalue weighted by Gasteiger charge is 2.35. The van der Waals surface area contributed by atoms with Crippen molar-refractivity contribution in [1.82, 2.24) is 9.97 Å². The molecule has 15 heavy (non-hydrogen) atoms. The van der Waals surface area contributed by atoms with Crippen LogP contribution in [0.1, 0.15) is 24.2 Å². The number of ether oxygens (including phenoxy) is 1. The van der Waals surface area contributed by atoms with Crippen LogP contribution in [0, 0.1) is 18.3 Å². The van der Waals surface area contributed by atoms with Crippen LogP contribution < -0.4 is 0 Å². The number of rotatable bonds is 1. The van der Waals surface area contributed by atoms with E-state index < -0.39 is 5.41 Å². The highest BCUT2D eigenvalue weighted by atomic mass is 16.5. The first-order chi connectivity index (χ1) is 7.27. The maximum Gasteiger partial charge on any atom is 0.125 e. The predicted molar refractivity (Wildman–Crippen MR) is 54.1 cm³/mol. The van der Waals surface area contributed by atoms with Crippen LogP contribution in [0.25, 0.3) is 0 Å². The van der Waals surface area contributed by atoms with Crippen LogP contribution in [-0.4, -0.2) is 23.2 Å². The van der Waals surface area contributed by atoms with Crippen molar-refractivity contribution in [2.45, 2.75) is 25.2 Å². The van der Waals surface area contributed by atoms with Gasteiger partial charge in [0.25, 0.3) is 0 Å².